The Balaban J connectivity index is 1.51. The third-order valence-corrected chi connectivity index (χ3v) is 6.73. The van der Waals surface area contributed by atoms with Gasteiger partial charge in [0.05, 0.1) is 10.5 Å². The topological polar surface area (TPSA) is 101 Å². The lowest BCUT2D eigenvalue weighted by atomic mass is 10.1. The van der Waals surface area contributed by atoms with Gasteiger partial charge in [-0.3, -0.25) is 9.82 Å². The number of benzene rings is 3. The number of oxazole rings is 1. The summed E-state index contributed by atoms with van der Waals surface area (Å²) >= 11 is 0. The van der Waals surface area contributed by atoms with Gasteiger partial charge in [-0.2, -0.15) is 5.10 Å². The van der Waals surface area contributed by atoms with Crippen molar-refractivity contribution in [2.45, 2.75) is 18.7 Å². The van der Waals surface area contributed by atoms with E-state index < -0.39 is 10.0 Å². The molecule has 2 aromatic heterocycles. The molecule has 0 unspecified atom stereocenters. The molecule has 0 saturated carbocycles. The van der Waals surface area contributed by atoms with Crippen LogP contribution in [-0.2, 0) is 10.0 Å². The first-order valence-corrected chi connectivity index (χ1v) is 11.5. The molecule has 0 radical (unpaired) electrons. The molecule has 5 aromatic rings. The van der Waals surface area contributed by atoms with Crippen molar-refractivity contribution in [3.8, 4) is 22.7 Å². The molecule has 0 amide bonds. The molecule has 5 rings (SSSR count). The number of hydrogen-bond acceptors (Lipinski definition) is 5. The van der Waals surface area contributed by atoms with Crippen LogP contribution in [0.15, 0.2) is 82.2 Å². The molecule has 0 aliphatic carbocycles. The average Bonchev–Trinajstić information content (AvgIpc) is 3.40. The van der Waals surface area contributed by atoms with Crippen molar-refractivity contribution >= 4 is 26.8 Å². The summed E-state index contributed by atoms with van der Waals surface area (Å²) in [6.07, 6.45) is 1.72. The third kappa shape index (κ3) is 3.65. The van der Waals surface area contributed by atoms with Crippen molar-refractivity contribution in [1.82, 2.24) is 15.2 Å². The van der Waals surface area contributed by atoms with Crippen LogP contribution in [-0.4, -0.2) is 23.6 Å². The van der Waals surface area contributed by atoms with Gasteiger partial charge >= 0.3 is 0 Å². The molecule has 0 spiro atoms. The lowest BCUT2D eigenvalue weighted by Gasteiger charge is -2.11. The highest BCUT2D eigenvalue weighted by molar-refractivity contribution is 7.92. The van der Waals surface area contributed by atoms with E-state index in [2.05, 4.69) is 19.9 Å². The molecule has 160 valence electrons. The van der Waals surface area contributed by atoms with Gasteiger partial charge in [-0.05, 0) is 55.3 Å². The summed E-state index contributed by atoms with van der Waals surface area (Å²) in [6, 6.07) is 19.8. The SMILES string of the molecule is Cc1ccc2oc(-c3c[nH]nc3-c3cccc(NS(=O)(=O)c4ccccc4C)c3)nc2c1. The first-order chi connectivity index (χ1) is 15.4. The molecule has 2 heterocycles. The number of fused-ring (bicyclic) bond motifs is 1. The van der Waals surface area contributed by atoms with Crippen LogP contribution in [0.1, 0.15) is 11.1 Å². The van der Waals surface area contributed by atoms with Crippen molar-refractivity contribution in [3.05, 3.63) is 84.1 Å². The Hall–Kier alpha value is -3.91. The molecule has 0 atom stereocenters. The predicted molar refractivity (Wildman–Crippen MR) is 124 cm³/mol. The Kier molecular flexibility index (Phi) is 4.79. The van der Waals surface area contributed by atoms with Crippen LogP contribution in [0.25, 0.3) is 33.8 Å². The van der Waals surface area contributed by atoms with Crippen LogP contribution in [0.5, 0.6) is 0 Å². The third-order valence-electron chi connectivity index (χ3n) is 5.19. The van der Waals surface area contributed by atoms with Gasteiger partial charge in [0.1, 0.15) is 11.2 Å². The second-order valence-electron chi connectivity index (χ2n) is 7.59. The van der Waals surface area contributed by atoms with Gasteiger partial charge < -0.3 is 4.42 Å². The fraction of sp³-hybridized carbons (Fsp3) is 0.0833. The Bertz CT molecular complexity index is 1550. The second-order valence-corrected chi connectivity index (χ2v) is 9.24. The lowest BCUT2D eigenvalue weighted by Crippen LogP contribution is -2.14. The zero-order chi connectivity index (χ0) is 22.3. The number of H-pyrrole nitrogens is 1. The first kappa shape index (κ1) is 20.0. The summed E-state index contributed by atoms with van der Waals surface area (Å²) in [7, 11) is -3.72. The van der Waals surface area contributed by atoms with Crippen molar-refractivity contribution in [2.75, 3.05) is 4.72 Å². The van der Waals surface area contributed by atoms with Crippen LogP contribution in [0.2, 0.25) is 0 Å². The van der Waals surface area contributed by atoms with E-state index >= 15 is 0 Å². The molecule has 8 heteroatoms. The van der Waals surface area contributed by atoms with Gasteiger partial charge in [0.15, 0.2) is 5.58 Å². The van der Waals surface area contributed by atoms with E-state index in [1.165, 1.54) is 0 Å². The van der Waals surface area contributed by atoms with Crippen molar-refractivity contribution < 1.29 is 12.8 Å². The van der Waals surface area contributed by atoms with Gasteiger partial charge in [0.2, 0.25) is 5.89 Å². The number of sulfonamides is 1. The smallest absolute Gasteiger partial charge is 0.262 e. The quantitative estimate of drug-likeness (QED) is 0.383. The maximum absolute atomic E-state index is 12.9. The van der Waals surface area contributed by atoms with Gasteiger partial charge in [0.25, 0.3) is 10.0 Å². The summed E-state index contributed by atoms with van der Waals surface area (Å²) in [5.74, 6) is 0.445. The number of rotatable bonds is 5. The van der Waals surface area contributed by atoms with Crippen LogP contribution < -0.4 is 4.72 Å². The van der Waals surface area contributed by atoms with Crippen LogP contribution in [0, 0.1) is 13.8 Å². The molecule has 0 aliphatic heterocycles. The molecule has 3 aromatic carbocycles. The van der Waals surface area contributed by atoms with Crippen LogP contribution in [0.4, 0.5) is 5.69 Å². The van der Waals surface area contributed by atoms with E-state index in [1.807, 2.05) is 37.3 Å². The molecule has 2 N–H and O–H groups in total. The van der Waals surface area contributed by atoms with Crippen molar-refractivity contribution in [3.63, 3.8) is 0 Å². The van der Waals surface area contributed by atoms with Crippen molar-refractivity contribution in [2.24, 2.45) is 0 Å². The number of aromatic nitrogens is 3. The molecule has 0 fully saturated rings. The molecule has 7 nitrogen and oxygen atoms in total. The number of nitrogens with zero attached hydrogens (tertiary/aromatic N) is 2. The summed E-state index contributed by atoms with van der Waals surface area (Å²) < 4.78 is 34.3. The summed E-state index contributed by atoms with van der Waals surface area (Å²) in [5.41, 5.74) is 5.71. The minimum atomic E-state index is -3.72. The van der Waals surface area contributed by atoms with E-state index in [0.29, 0.717) is 34.0 Å². The number of aryl methyl sites for hydroxylation is 2. The zero-order valence-corrected chi connectivity index (χ0v) is 18.3. The van der Waals surface area contributed by atoms with Crippen molar-refractivity contribution in [1.29, 1.82) is 0 Å². The fourth-order valence-electron chi connectivity index (χ4n) is 3.62. The number of nitrogens with one attached hydrogen (secondary N) is 2. The Morgan fingerprint density at radius 3 is 2.66 bits per heavy atom. The second kappa shape index (κ2) is 7.65. The molecule has 32 heavy (non-hydrogen) atoms. The number of hydrogen-bond donors (Lipinski definition) is 2. The minimum Gasteiger partial charge on any atom is -0.436 e. The van der Waals surface area contributed by atoms with E-state index in [9.17, 15) is 8.42 Å². The highest BCUT2D eigenvalue weighted by atomic mass is 32.2. The zero-order valence-electron chi connectivity index (χ0n) is 17.5. The monoisotopic (exact) mass is 444 g/mol. The summed E-state index contributed by atoms with van der Waals surface area (Å²) in [5, 5.41) is 7.22. The Morgan fingerprint density at radius 2 is 1.81 bits per heavy atom. The maximum Gasteiger partial charge on any atom is 0.262 e. The predicted octanol–water partition coefficient (Wildman–Crippen LogP) is 5.30. The van der Waals surface area contributed by atoms with Crippen LogP contribution in [0.3, 0.4) is 0 Å². The van der Waals surface area contributed by atoms with E-state index in [0.717, 1.165) is 16.6 Å². The van der Waals surface area contributed by atoms with E-state index in [-0.39, 0.29) is 4.90 Å². The van der Waals surface area contributed by atoms with Gasteiger partial charge in [-0.1, -0.05) is 36.4 Å². The van der Waals surface area contributed by atoms with Gasteiger partial charge in [-0.15, -0.1) is 0 Å². The first-order valence-electron chi connectivity index (χ1n) is 10.0. The molecular weight excluding hydrogens is 424 g/mol. The number of aromatic amines is 1. The highest BCUT2D eigenvalue weighted by Crippen LogP contribution is 2.33. The fourth-order valence-corrected chi connectivity index (χ4v) is 4.92. The normalized spacial score (nSPS) is 11.7. The number of anilines is 1. The summed E-state index contributed by atoms with van der Waals surface area (Å²) in [6.45, 7) is 3.77. The Morgan fingerprint density at radius 1 is 0.969 bits per heavy atom. The largest absolute Gasteiger partial charge is 0.436 e. The molecule has 0 saturated heterocycles. The average molecular weight is 445 g/mol. The van der Waals surface area contributed by atoms with Gasteiger partial charge in [-0.25, -0.2) is 13.4 Å². The lowest BCUT2D eigenvalue weighted by molar-refractivity contribution is 0.600. The minimum absolute atomic E-state index is 0.243. The molecule has 0 aliphatic rings. The Labute approximate surface area is 185 Å². The van der Waals surface area contributed by atoms with E-state index in [1.54, 1.807) is 49.5 Å². The van der Waals surface area contributed by atoms with E-state index in [4.69, 9.17) is 4.42 Å². The van der Waals surface area contributed by atoms with Gasteiger partial charge in [0, 0.05) is 17.4 Å². The van der Waals surface area contributed by atoms with Crippen LogP contribution >= 0.6 is 0 Å². The maximum atomic E-state index is 12.9. The summed E-state index contributed by atoms with van der Waals surface area (Å²) in [4.78, 5) is 4.84. The molecular formula is C24H20N4O3S. The molecule has 0 bridgehead atoms. The highest BCUT2D eigenvalue weighted by Gasteiger charge is 2.19. The standard InChI is InChI=1S/C24H20N4O3S/c1-15-10-11-21-20(12-15)26-24(31-21)19-14-25-27-23(19)17-7-5-8-18(13-17)28-32(29,30)22-9-4-3-6-16(22)2/h3-14,28H,1-2H3,(H,25,27).